The van der Waals surface area contributed by atoms with E-state index in [4.69, 9.17) is 0 Å². The van der Waals surface area contributed by atoms with Gasteiger partial charge >= 0.3 is 0 Å². The summed E-state index contributed by atoms with van der Waals surface area (Å²) in [5.41, 5.74) is 1.77. The lowest BCUT2D eigenvalue weighted by Crippen LogP contribution is -2.51. The van der Waals surface area contributed by atoms with E-state index in [1.54, 1.807) is 30.1 Å². The molecule has 1 fully saturated rings. The first-order chi connectivity index (χ1) is 12.8. The molecule has 7 nitrogen and oxygen atoms in total. The summed E-state index contributed by atoms with van der Waals surface area (Å²) < 4.78 is 0. The molecule has 4 amide bonds. The average Bonchev–Trinajstić information content (AvgIpc) is 2.87. The molecule has 0 radical (unpaired) electrons. The molecule has 1 aromatic rings. The second-order valence-corrected chi connectivity index (χ2v) is 6.97. The van der Waals surface area contributed by atoms with Crippen molar-refractivity contribution in [2.45, 2.75) is 45.2 Å². The number of piperidine rings is 1. The van der Waals surface area contributed by atoms with Crippen LogP contribution in [-0.2, 0) is 16.1 Å². The topological polar surface area (TPSA) is 86.8 Å². The summed E-state index contributed by atoms with van der Waals surface area (Å²) >= 11 is 0. The lowest BCUT2D eigenvalue weighted by atomic mass is 10.0. The first-order valence-corrected chi connectivity index (χ1v) is 9.07. The second kappa shape index (κ2) is 7.34. The van der Waals surface area contributed by atoms with Crippen LogP contribution in [0.25, 0.3) is 0 Å². The predicted octanol–water partition coefficient (Wildman–Crippen LogP) is 1.83. The third kappa shape index (κ3) is 3.37. The Labute approximate surface area is 158 Å². The van der Waals surface area contributed by atoms with Gasteiger partial charge in [-0.2, -0.15) is 0 Å². The minimum atomic E-state index is -0.838. The Bertz CT molecular complexity index is 846. The molecule has 3 rings (SSSR count). The Morgan fingerprint density at radius 2 is 2.04 bits per heavy atom. The maximum absolute atomic E-state index is 13.0. The Morgan fingerprint density at radius 1 is 1.30 bits per heavy atom. The van der Waals surface area contributed by atoms with Crippen LogP contribution in [0.1, 0.15) is 58.9 Å². The fourth-order valence-corrected chi connectivity index (χ4v) is 3.55. The van der Waals surface area contributed by atoms with Crippen molar-refractivity contribution in [3.05, 3.63) is 47.2 Å². The molecule has 1 atom stereocenters. The lowest BCUT2D eigenvalue weighted by molar-refractivity contribution is -0.130. The summed E-state index contributed by atoms with van der Waals surface area (Å²) in [6.45, 7) is 5.89. The van der Waals surface area contributed by atoms with E-state index >= 15 is 0 Å². The Balaban J connectivity index is 1.89. The van der Waals surface area contributed by atoms with Gasteiger partial charge in [0.15, 0.2) is 0 Å². The van der Waals surface area contributed by atoms with Crippen LogP contribution in [-0.4, -0.2) is 46.5 Å². The summed E-state index contributed by atoms with van der Waals surface area (Å²) in [6.07, 6.45) is 2.05. The molecule has 7 heteroatoms. The molecule has 0 spiro atoms. The fraction of sp³-hybridized carbons (Fsp3) is 0.400. The molecule has 142 valence electrons. The maximum atomic E-state index is 13.0. The highest BCUT2D eigenvalue weighted by Gasteiger charge is 2.44. The SMILES string of the molecule is C=C1CCC(N2C(=O)c3cccc(CN(C)C(=O)CCC)c3C2=O)C(=O)N1. The normalized spacial score (nSPS) is 19.2. The molecule has 2 aliphatic rings. The Kier molecular flexibility index (Phi) is 5.12. The summed E-state index contributed by atoms with van der Waals surface area (Å²) in [6, 6.07) is 4.19. The van der Waals surface area contributed by atoms with Crippen LogP contribution < -0.4 is 5.32 Å². The third-order valence-electron chi connectivity index (χ3n) is 4.96. The van der Waals surface area contributed by atoms with Gasteiger partial charge in [0.25, 0.3) is 11.8 Å². The molecular weight excluding hydrogens is 346 g/mol. The quantitative estimate of drug-likeness (QED) is 0.803. The van der Waals surface area contributed by atoms with Gasteiger partial charge in [0.2, 0.25) is 11.8 Å². The Morgan fingerprint density at radius 3 is 2.70 bits per heavy atom. The van der Waals surface area contributed by atoms with Gasteiger partial charge in [-0.15, -0.1) is 0 Å². The molecule has 1 unspecified atom stereocenters. The van der Waals surface area contributed by atoms with Gasteiger partial charge in [0, 0.05) is 25.7 Å². The van der Waals surface area contributed by atoms with Crippen molar-refractivity contribution in [2.24, 2.45) is 0 Å². The number of hydrogen-bond acceptors (Lipinski definition) is 4. The maximum Gasteiger partial charge on any atom is 0.262 e. The summed E-state index contributed by atoms with van der Waals surface area (Å²) in [5, 5.41) is 2.62. The van der Waals surface area contributed by atoms with Crippen LogP contribution in [0.5, 0.6) is 0 Å². The number of benzene rings is 1. The second-order valence-electron chi connectivity index (χ2n) is 6.97. The Hall–Kier alpha value is -2.96. The van der Waals surface area contributed by atoms with Gasteiger partial charge < -0.3 is 10.2 Å². The average molecular weight is 369 g/mol. The van der Waals surface area contributed by atoms with Crippen LogP contribution >= 0.6 is 0 Å². The number of imide groups is 1. The molecule has 27 heavy (non-hydrogen) atoms. The van der Waals surface area contributed by atoms with Crippen molar-refractivity contribution in [3.8, 4) is 0 Å². The number of nitrogens with one attached hydrogen (secondary N) is 1. The summed E-state index contributed by atoms with van der Waals surface area (Å²) in [4.78, 5) is 52.8. The number of hydrogen-bond donors (Lipinski definition) is 1. The molecule has 0 aliphatic carbocycles. The van der Waals surface area contributed by atoms with Crippen molar-refractivity contribution >= 4 is 23.6 Å². The molecular formula is C20H23N3O4. The van der Waals surface area contributed by atoms with E-state index in [9.17, 15) is 19.2 Å². The van der Waals surface area contributed by atoms with Crippen molar-refractivity contribution < 1.29 is 19.2 Å². The van der Waals surface area contributed by atoms with E-state index in [-0.39, 0.29) is 23.6 Å². The molecule has 0 saturated carbocycles. The lowest BCUT2D eigenvalue weighted by Gasteiger charge is -2.29. The third-order valence-corrected chi connectivity index (χ3v) is 4.96. The van der Waals surface area contributed by atoms with Crippen molar-refractivity contribution in [1.29, 1.82) is 0 Å². The smallest absolute Gasteiger partial charge is 0.262 e. The fourth-order valence-electron chi connectivity index (χ4n) is 3.55. The van der Waals surface area contributed by atoms with E-state index in [1.807, 2.05) is 6.92 Å². The van der Waals surface area contributed by atoms with E-state index in [0.29, 0.717) is 30.5 Å². The molecule has 1 aromatic carbocycles. The van der Waals surface area contributed by atoms with E-state index < -0.39 is 23.8 Å². The number of carbonyl (C=O) groups is 4. The first kappa shape index (κ1) is 18.8. The zero-order chi connectivity index (χ0) is 19.7. The monoisotopic (exact) mass is 369 g/mol. The summed E-state index contributed by atoms with van der Waals surface area (Å²) in [5.74, 6) is -1.35. The molecule has 2 aliphatic heterocycles. The van der Waals surface area contributed by atoms with Crippen LogP contribution in [0.2, 0.25) is 0 Å². The number of amides is 4. The van der Waals surface area contributed by atoms with Crippen LogP contribution in [0, 0.1) is 0 Å². The number of rotatable bonds is 5. The summed E-state index contributed by atoms with van der Waals surface area (Å²) in [7, 11) is 1.68. The van der Waals surface area contributed by atoms with Crippen molar-refractivity contribution in [3.63, 3.8) is 0 Å². The van der Waals surface area contributed by atoms with Gasteiger partial charge in [-0.3, -0.25) is 24.1 Å². The van der Waals surface area contributed by atoms with Crippen LogP contribution in [0.4, 0.5) is 0 Å². The van der Waals surface area contributed by atoms with Gasteiger partial charge in [-0.25, -0.2) is 0 Å². The van der Waals surface area contributed by atoms with Gasteiger partial charge in [0.1, 0.15) is 6.04 Å². The molecule has 0 aromatic heterocycles. The van der Waals surface area contributed by atoms with E-state index in [2.05, 4.69) is 11.9 Å². The van der Waals surface area contributed by atoms with E-state index in [1.165, 1.54) is 0 Å². The van der Waals surface area contributed by atoms with Gasteiger partial charge in [-0.1, -0.05) is 25.6 Å². The van der Waals surface area contributed by atoms with Crippen LogP contribution in [0.3, 0.4) is 0 Å². The highest BCUT2D eigenvalue weighted by atomic mass is 16.2. The molecule has 0 bridgehead atoms. The molecule has 1 N–H and O–H groups in total. The number of nitrogens with zero attached hydrogens (tertiary/aromatic N) is 2. The first-order valence-electron chi connectivity index (χ1n) is 9.07. The largest absolute Gasteiger partial charge is 0.341 e. The van der Waals surface area contributed by atoms with Crippen molar-refractivity contribution in [1.82, 2.24) is 15.1 Å². The molecule has 2 heterocycles. The zero-order valence-corrected chi connectivity index (χ0v) is 15.6. The van der Waals surface area contributed by atoms with Gasteiger partial charge in [0.05, 0.1) is 11.1 Å². The number of allylic oxidation sites excluding steroid dienone is 1. The zero-order valence-electron chi connectivity index (χ0n) is 15.6. The number of carbonyl (C=O) groups excluding carboxylic acids is 4. The highest BCUT2D eigenvalue weighted by Crippen LogP contribution is 2.31. The van der Waals surface area contributed by atoms with Crippen molar-refractivity contribution in [2.75, 3.05) is 7.05 Å². The highest BCUT2D eigenvalue weighted by molar-refractivity contribution is 6.23. The standard InChI is InChI=1S/C20H23N3O4/c1-4-6-16(24)22(3)11-13-7-5-8-14-17(13)20(27)23(19(14)26)15-10-9-12(2)21-18(15)25/h5,7-8,15H,2,4,6,9-11H2,1,3H3,(H,21,25). The minimum absolute atomic E-state index is 0.0195. The number of fused-ring (bicyclic) bond motifs is 1. The minimum Gasteiger partial charge on any atom is -0.341 e. The van der Waals surface area contributed by atoms with Gasteiger partial charge in [-0.05, 0) is 30.9 Å². The molecule has 1 saturated heterocycles. The predicted molar refractivity (Wildman–Crippen MR) is 98.6 cm³/mol. The van der Waals surface area contributed by atoms with Crippen LogP contribution in [0.15, 0.2) is 30.5 Å². The van der Waals surface area contributed by atoms with E-state index in [0.717, 1.165) is 11.3 Å².